The van der Waals surface area contributed by atoms with Crippen molar-refractivity contribution < 1.29 is 14.2 Å². The normalized spacial score (nSPS) is 19.6. The molecule has 4 heteroatoms. The summed E-state index contributed by atoms with van der Waals surface area (Å²) in [4.78, 5) is 0. The molecule has 0 bridgehead atoms. The smallest absolute Gasteiger partial charge is 0.161 e. The Morgan fingerprint density at radius 1 is 1.22 bits per heavy atom. The van der Waals surface area contributed by atoms with E-state index in [9.17, 15) is 0 Å². The molecular weight excluding hydrogens is 230 g/mol. The molecule has 1 aromatic carbocycles. The first kappa shape index (κ1) is 11.8. The molecule has 1 atom stereocenters. The van der Waals surface area contributed by atoms with Gasteiger partial charge in [0.1, 0.15) is 13.2 Å². The van der Waals surface area contributed by atoms with Crippen LogP contribution in [0.15, 0.2) is 18.2 Å². The molecule has 0 aromatic heterocycles. The Kier molecular flexibility index (Phi) is 3.39. The molecule has 1 fully saturated rings. The molecule has 2 aliphatic rings. The van der Waals surface area contributed by atoms with Crippen LogP contribution in [0.3, 0.4) is 0 Å². The van der Waals surface area contributed by atoms with Crippen molar-refractivity contribution in [3.63, 3.8) is 0 Å². The Morgan fingerprint density at radius 2 is 2.00 bits per heavy atom. The van der Waals surface area contributed by atoms with Crippen molar-refractivity contribution in [1.29, 1.82) is 0 Å². The molecule has 0 saturated heterocycles. The number of nitrogens with two attached hydrogens (primary N) is 1. The second-order valence-corrected chi connectivity index (χ2v) is 4.99. The van der Waals surface area contributed by atoms with Crippen LogP contribution in [0.25, 0.3) is 0 Å². The van der Waals surface area contributed by atoms with Crippen molar-refractivity contribution in [1.82, 2.24) is 0 Å². The molecule has 2 N–H and O–H groups in total. The summed E-state index contributed by atoms with van der Waals surface area (Å²) in [6, 6.07) is 5.77. The number of rotatable bonds is 5. The van der Waals surface area contributed by atoms with Gasteiger partial charge in [0.15, 0.2) is 11.5 Å². The zero-order valence-corrected chi connectivity index (χ0v) is 10.4. The lowest BCUT2D eigenvalue weighted by Crippen LogP contribution is -2.19. The summed E-state index contributed by atoms with van der Waals surface area (Å²) in [5, 5.41) is 0. The van der Waals surface area contributed by atoms with Gasteiger partial charge in [-0.25, -0.2) is 0 Å². The SMILES string of the molecule is NC(COCC1CC1)c1ccc2c(c1)OCCO2. The Bertz CT molecular complexity index is 418. The fraction of sp³-hybridized carbons (Fsp3) is 0.571. The molecule has 98 valence electrons. The highest BCUT2D eigenvalue weighted by Gasteiger charge is 2.22. The predicted octanol–water partition coefficient (Wildman–Crippen LogP) is 1.88. The first-order valence-electron chi connectivity index (χ1n) is 6.56. The van der Waals surface area contributed by atoms with Crippen molar-refractivity contribution in [3.8, 4) is 11.5 Å². The van der Waals surface area contributed by atoms with E-state index >= 15 is 0 Å². The van der Waals surface area contributed by atoms with Gasteiger partial charge in [-0.2, -0.15) is 0 Å². The zero-order valence-electron chi connectivity index (χ0n) is 10.4. The number of fused-ring (bicyclic) bond motifs is 1. The fourth-order valence-corrected chi connectivity index (χ4v) is 2.03. The van der Waals surface area contributed by atoms with Gasteiger partial charge >= 0.3 is 0 Å². The lowest BCUT2D eigenvalue weighted by molar-refractivity contribution is 0.111. The summed E-state index contributed by atoms with van der Waals surface area (Å²) < 4.78 is 16.6. The number of ether oxygens (including phenoxy) is 3. The second kappa shape index (κ2) is 5.16. The van der Waals surface area contributed by atoms with E-state index in [0.717, 1.165) is 29.6 Å². The van der Waals surface area contributed by atoms with E-state index in [1.54, 1.807) is 0 Å². The Hall–Kier alpha value is -1.26. The van der Waals surface area contributed by atoms with E-state index in [1.807, 2.05) is 18.2 Å². The molecule has 4 nitrogen and oxygen atoms in total. The molecule has 1 aliphatic carbocycles. The van der Waals surface area contributed by atoms with Gasteiger partial charge in [-0.1, -0.05) is 6.07 Å². The van der Waals surface area contributed by atoms with Gasteiger partial charge in [0, 0.05) is 6.61 Å². The van der Waals surface area contributed by atoms with Crippen molar-refractivity contribution in [2.75, 3.05) is 26.4 Å². The van der Waals surface area contributed by atoms with Crippen LogP contribution in [0.4, 0.5) is 0 Å². The van der Waals surface area contributed by atoms with E-state index in [2.05, 4.69) is 0 Å². The molecule has 1 aromatic rings. The molecule has 0 spiro atoms. The van der Waals surface area contributed by atoms with Gasteiger partial charge in [0.2, 0.25) is 0 Å². The summed E-state index contributed by atoms with van der Waals surface area (Å²) in [6.45, 7) is 2.63. The maximum atomic E-state index is 6.11. The van der Waals surface area contributed by atoms with Crippen LogP contribution in [0.2, 0.25) is 0 Å². The summed E-state index contributed by atoms with van der Waals surface area (Å²) in [7, 11) is 0. The number of hydrogen-bond acceptors (Lipinski definition) is 4. The largest absolute Gasteiger partial charge is 0.486 e. The molecular formula is C14H19NO3. The molecule has 1 saturated carbocycles. The molecule has 1 heterocycles. The van der Waals surface area contributed by atoms with Crippen molar-refractivity contribution in [2.45, 2.75) is 18.9 Å². The average molecular weight is 249 g/mol. The van der Waals surface area contributed by atoms with Crippen LogP contribution in [-0.2, 0) is 4.74 Å². The minimum Gasteiger partial charge on any atom is -0.486 e. The highest BCUT2D eigenvalue weighted by molar-refractivity contribution is 5.44. The van der Waals surface area contributed by atoms with Crippen LogP contribution >= 0.6 is 0 Å². The van der Waals surface area contributed by atoms with Gasteiger partial charge in [0.25, 0.3) is 0 Å². The Labute approximate surface area is 107 Å². The standard InChI is InChI=1S/C14H19NO3/c15-12(9-16-8-10-1-2-10)11-3-4-13-14(7-11)18-6-5-17-13/h3-4,7,10,12H,1-2,5-6,8-9,15H2. The molecule has 1 aliphatic heterocycles. The monoisotopic (exact) mass is 249 g/mol. The topological polar surface area (TPSA) is 53.7 Å². The quantitative estimate of drug-likeness (QED) is 0.865. The van der Waals surface area contributed by atoms with Crippen molar-refractivity contribution in [2.24, 2.45) is 11.7 Å². The highest BCUT2D eigenvalue weighted by atomic mass is 16.6. The minimum atomic E-state index is -0.0976. The van der Waals surface area contributed by atoms with Crippen molar-refractivity contribution >= 4 is 0 Å². The highest BCUT2D eigenvalue weighted by Crippen LogP contribution is 2.32. The van der Waals surface area contributed by atoms with E-state index in [0.29, 0.717) is 19.8 Å². The number of benzene rings is 1. The van der Waals surface area contributed by atoms with Gasteiger partial charge < -0.3 is 19.9 Å². The summed E-state index contributed by atoms with van der Waals surface area (Å²) in [5.74, 6) is 2.37. The summed E-state index contributed by atoms with van der Waals surface area (Å²) in [6.07, 6.45) is 2.61. The van der Waals surface area contributed by atoms with Gasteiger partial charge in [-0.3, -0.25) is 0 Å². The third kappa shape index (κ3) is 2.76. The van der Waals surface area contributed by atoms with Gasteiger partial charge in [-0.15, -0.1) is 0 Å². The van der Waals surface area contributed by atoms with Gasteiger partial charge in [-0.05, 0) is 36.5 Å². The van der Waals surface area contributed by atoms with Crippen LogP contribution in [0, 0.1) is 5.92 Å². The fourth-order valence-electron chi connectivity index (χ4n) is 2.03. The first-order valence-corrected chi connectivity index (χ1v) is 6.56. The predicted molar refractivity (Wildman–Crippen MR) is 67.9 cm³/mol. The molecule has 0 radical (unpaired) electrons. The molecule has 18 heavy (non-hydrogen) atoms. The lowest BCUT2D eigenvalue weighted by atomic mass is 10.1. The van der Waals surface area contributed by atoms with Crippen LogP contribution in [0.5, 0.6) is 11.5 Å². The van der Waals surface area contributed by atoms with E-state index in [-0.39, 0.29) is 6.04 Å². The Balaban J connectivity index is 1.59. The van der Waals surface area contributed by atoms with Crippen LogP contribution in [-0.4, -0.2) is 26.4 Å². The van der Waals surface area contributed by atoms with E-state index in [4.69, 9.17) is 19.9 Å². The third-order valence-electron chi connectivity index (χ3n) is 3.34. The first-order chi connectivity index (χ1) is 8.83. The maximum absolute atomic E-state index is 6.11. The summed E-state index contributed by atoms with van der Waals surface area (Å²) >= 11 is 0. The Morgan fingerprint density at radius 3 is 2.78 bits per heavy atom. The third-order valence-corrected chi connectivity index (χ3v) is 3.34. The van der Waals surface area contributed by atoms with E-state index < -0.39 is 0 Å². The van der Waals surface area contributed by atoms with Crippen molar-refractivity contribution in [3.05, 3.63) is 23.8 Å². The second-order valence-electron chi connectivity index (χ2n) is 4.99. The lowest BCUT2D eigenvalue weighted by Gasteiger charge is -2.20. The number of hydrogen-bond donors (Lipinski definition) is 1. The minimum absolute atomic E-state index is 0.0976. The van der Waals surface area contributed by atoms with Crippen LogP contribution in [0.1, 0.15) is 24.4 Å². The molecule has 0 amide bonds. The van der Waals surface area contributed by atoms with E-state index in [1.165, 1.54) is 12.8 Å². The zero-order chi connectivity index (χ0) is 12.4. The maximum Gasteiger partial charge on any atom is 0.161 e. The molecule has 1 unspecified atom stereocenters. The van der Waals surface area contributed by atoms with Gasteiger partial charge in [0.05, 0.1) is 12.6 Å². The molecule has 3 rings (SSSR count). The van der Waals surface area contributed by atoms with Crippen LogP contribution < -0.4 is 15.2 Å². The average Bonchev–Trinajstić information content (AvgIpc) is 3.22. The summed E-state index contributed by atoms with van der Waals surface area (Å²) in [5.41, 5.74) is 7.15.